The fraction of sp³-hybridized carbons (Fsp3) is 0.125. The van der Waals surface area contributed by atoms with Gasteiger partial charge in [0.25, 0.3) is 17.5 Å². The zero-order valence-electron chi connectivity index (χ0n) is 13.7. The number of non-ortho nitro benzene ring substituents is 1. The van der Waals surface area contributed by atoms with Crippen LogP contribution in [0.4, 0.5) is 5.69 Å². The zero-order chi connectivity index (χ0) is 19.8. The van der Waals surface area contributed by atoms with Crippen molar-refractivity contribution in [3.05, 3.63) is 63.7 Å². The quantitative estimate of drug-likeness (QED) is 0.437. The maximum Gasteiger partial charge on any atom is 0.270 e. The topological polar surface area (TPSA) is 150 Å². The van der Waals surface area contributed by atoms with Gasteiger partial charge in [0.05, 0.1) is 27.5 Å². The Bertz CT molecular complexity index is 1050. The lowest BCUT2D eigenvalue weighted by Gasteiger charge is -2.14. The van der Waals surface area contributed by atoms with E-state index in [0.29, 0.717) is 5.75 Å². The Hall–Kier alpha value is -3.31. The largest absolute Gasteiger partial charge is 0.492 e. The van der Waals surface area contributed by atoms with Crippen LogP contribution in [0.3, 0.4) is 0 Å². The van der Waals surface area contributed by atoms with Crippen LogP contribution in [-0.4, -0.2) is 43.2 Å². The second-order valence-electron chi connectivity index (χ2n) is 5.61. The molecular weight excluding hydrogens is 378 g/mol. The third-order valence-corrected chi connectivity index (χ3v) is 4.83. The Kier molecular flexibility index (Phi) is 4.64. The summed E-state index contributed by atoms with van der Waals surface area (Å²) in [5.74, 6) is -0.861. The van der Waals surface area contributed by atoms with E-state index in [0.717, 1.165) is 17.0 Å². The molecule has 0 fully saturated rings. The molecular formula is C16H13N3O7S. The van der Waals surface area contributed by atoms with E-state index in [4.69, 9.17) is 9.88 Å². The van der Waals surface area contributed by atoms with Crippen molar-refractivity contribution in [3.8, 4) is 5.75 Å². The molecule has 10 nitrogen and oxygen atoms in total. The van der Waals surface area contributed by atoms with Gasteiger partial charge < -0.3 is 4.74 Å². The number of rotatable bonds is 6. The lowest BCUT2D eigenvalue weighted by Crippen LogP contribution is -2.33. The molecule has 0 radical (unpaired) electrons. The molecule has 0 aromatic heterocycles. The van der Waals surface area contributed by atoms with Crippen molar-refractivity contribution < 1.29 is 27.7 Å². The van der Waals surface area contributed by atoms with Gasteiger partial charge in [-0.1, -0.05) is 0 Å². The minimum absolute atomic E-state index is 0.0216. The van der Waals surface area contributed by atoms with Crippen LogP contribution in [0.1, 0.15) is 20.7 Å². The number of carbonyl (C=O) groups excluding carboxylic acids is 2. The molecule has 140 valence electrons. The van der Waals surface area contributed by atoms with Crippen LogP contribution in [0.2, 0.25) is 0 Å². The smallest absolute Gasteiger partial charge is 0.270 e. The van der Waals surface area contributed by atoms with Crippen molar-refractivity contribution in [2.24, 2.45) is 5.14 Å². The van der Waals surface area contributed by atoms with Crippen LogP contribution in [0.5, 0.6) is 5.75 Å². The van der Waals surface area contributed by atoms with Crippen molar-refractivity contribution in [2.75, 3.05) is 13.2 Å². The van der Waals surface area contributed by atoms with E-state index in [1.807, 2.05) is 0 Å². The number of ether oxygens (including phenoxy) is 1. The van der Waals surface area contributed by atoms with E-state index < -0.39 is 26.8 Å². The predicted molar refractivity (Wildman–Crippen MR) is 91.8 cm³/mol. The number of nitro benzene ring substituents is 1. The van der Waals surface area contributed by atoms with Gasteiger partial charge in [0.1, 0.15) is 12.4 Å². The summed E-state index contributed by atoms with van der Waals surface area (Å²) in [4.78, 5) is 35.6. The van der Waals surface area contributed by atoms with E-state index >= 15 is 0 Å². The number of amides is 2. The molecule has 1 aliphatic heterocycles. The molecule has 1 aliphatic rings. The molecule has 0 unspecified atom stereocenters. The Balaban J connectivity index is 1.66. The maximum atomic E-state index is 12.3. The van der Waals surface area contributed by atoms with Gasteiger partial charge in [-0.15, -0.1) is 0 Å². The number of imide groups is 1. The highest BCUT2D eigenvalue weighted by Crippen LogP contribution is 2.26. The summed E-state index contributed by atoms with van der Waals surface area (Å²) in [5.41, 5.74) is -0.197. The van der Waals surface area contributed by atoms with Gasteiger partial charge in [-0.05, 0) is 30.3 Å². The van der Waals surface area contributed by atoms with Gasteiger partial charge in [0, 0.05) is 12.1 Å². The predicted octanol–water partition coefficient (Wildman–Crippen LogP) is 0.917. The van der Waals surface area contributed by atoms with Gasteiger partial charge in [-0.25, -0.2) is 13.6 Å². The van der Waals surface area contributed by atoms with E-state index in [1.165, 1.54) is 30.3 Å². The van der Waals surface area contributed by atoms with Gasteiger partial charge in [0.2, 0.25) is 10.0 Å². The maximum absolute atomic E-state index is 12.3. The van der Waals surface area contributed by atoms with Gasteiger partial charge in [-0.2, -0.15) is 0 Å². The number of nitrogens with two attached hydrogens (primary N) is 1. The van der Waals surface area contributed by atoms with Crippen LogP contribution in [0.15, 0.2) is 47.4 Å². The van der Waals surface area contributed by atoms with Crippen molar-refractivity contribution in [2.45, 2.75) is 4.90 Å². The van der Waals surface area contributed by atoms with Gasteiger partial charge in [0.15, 0.2) is 0 Å². The van der Waals surface area contributed by atoms with E-state index in [1.54, 1.807) is 0 Å². The minimum atomic E-state index is -3.81. The highest BCUT2D eigenvalue weighted by atomic mass is 32.2. The highest BCUT2D eigenvalue weighted by Gasteiger charge is 2.36. The highest BCUT2D eigenvalue weighted by molar-refractivity contribution is 7.89. The van der Waals surface area contributed by atoms with Crippen LogP contribution in [0, 0.1) is 10.1 Å². The zero-order valence-corrected chi connectivity index (χ0v) is 14.5. The second kappa shape index (κ2) is 6.78. The lowest BCUT2D eigenvalue weighted by atomic mass is 10.1. The first kappa shape index (κ1) is 18.5. The SMILES string of the molecule is NS(=O)(=O)c1ccc(OCCN2C(=O)c3ccc([N+](=O)[O-])cc3C2=O)cc1. The molecule has 3 rings (SSSR count). The molecule has 0 bridgehead atoms. The molecule has 0 atom stereocenters. The number of sulfonamides is 1. The molecule has 2 amide bonds. The number of hydrogen-bond acceptors (Lipinski definition) is 7. The molecule has 0 spiro atoms. The summed E-state index contributed by atoms with van der Waals surface area (Å²) >= 11 is 0. The van der Waals surface area contributed by atoms with Crippen molar-refractivity contribution in [3.63, 3.8) is 0 Å². The first-order valence-electron chi connectivity index (χ1n) is 7.59. The number of benzene rings is 2. The summed E-state index contributed by atoms with van der Waals surface area (Å²) in [6, 6.07) is 8.81. The van der Waals surface area contributed by atoms with Crippen LogP contribution >= 0.6 is 0 Å². The van der Waals surface area contributed by atoms with Crippen molar-refractivity contribution in [1.82, 2.24) is 4.90 Å². The Labute approximate surface area is 153 Å². The number of hydrogen-bond donors (Lipinski definition) is 1. The number of primary sulfonamides is 1. The van der Waals surface area contributed by atoms with Crippen molar-refractivity contribution >= 4 is 27.5 Å². The molecule has 1 heterocycles. The fourth-order valence-electron chi connectivity index (χ4n) is 2.58. The minimum Gasteiger partial charge on any atom is -0.492 e. The number of nitro groups is 1. The van der Waals surface area contributed by atoms with Crippen LogP contribution in [0.25, 0.3) is 0 Å². The Morgan fingerprint density at radius 2 is 1.67 bits per heavy atom. The second-order valence-corrected chi connectivity index (χ2v) is 7.18. The number of nitrogens with zero attached hydrogens (tertiary/aromatic N) is 2. The molecule has 0 saturated heterocycles. The molecule has 0 saturated carbocycles. The molecule has 11 heteroatoms. The monoisotopic (exact) mass is 391 g/mol. The number of carbonyl (C=O) groups is 2. The molecule has 27 heavy (non-hydrogen) atoms. The average Bonchev–Trinajstić information content (AvgIpc) is 2.86. The first-order chi connectivity index (χ1) is 12.7. The standard InChI is InChI=1S/C16H13N3O7S/c17-27(24,25)12-4-2-11(3-5-12)26-8-7-18-15(20)13-6-1-10(19(22)23)9-14(13)16(18)21/h1-6,9H,7-8H2,(H2,17,24,25). The third kappa shape index (κ3) is 3.64. The normalized spacial score (nSPS) is 13.6. The Morgan fingerprint density at radius 1 is 1.04 bits per heavy atom. The summed E-state index contributed by atoms with van der Waals surface area (Å²) in [6.07, 6.45) is 0. The molecule has 0 aliphatic carbocycles. The summed E-state index contributed by atoms with van der Waals surface area (Å²) in [7, 11) is -3.81. The fourth-order valence-corrected chi connectivity index (χ4v) is 3.09. The summed E-state index contributed by atoms with van der Waals surface area (Å²) < 4.78 is 27.8. The van der Waals surface area contributed by atoms with E-state index in [9.17, 15) is 28.1 Å². The molecule has 2 aromatic carbocycles. The first-order valence-corrected chi connectivity index (χ1v) is 9.13. The Morgan fingerprint density at radius 3 is 2.26 bits per heavy atom. The van der Waals surface area contributed by atoms with E-state index in [2.05, 4.69) is 0 Å². The summed E-state index contributed by atoms with van der Waals surface area (Å²) in [6.45, 7) is -0.112. The molecule has 2 aromatic rings. The van der Waals surface area contributed by atoms with Crippen LogP contribution < -0.4 is 9.88 Å². The molecule has 2 N–H and O–H groups in total. The number of fused-ring (bicyclic) bond motifs is 1. The van der Waals surface area contributed by atoms with Crippen molar-refractivity contribution in [1.29, 1.82) is 0 Å². The van der Waals surface area contributed by atoms with Crippen LogP contribution in [-0.2, 0) is 10.0 Å². The summed E-state index contributed by atoms with van der Waals surface area (Å²) in [5, 5.41) is 15.8. The van der Waals surface area contributed by atoms with Gasteiger partial charge in [-0.3, -0.25) is 24.6 Å². The van der Waals surface area contributed by atoms with Gasteiger partial charge >= 0.3 is 0 Å². The lowest BCUT2D eigenvalue weighted by molar-refractivity contribution is -0.384. The third-order valence-electron chi connectivity index (χ3n) is 3.90. The average molecular weight is 391 g/mol. The van der Waals surface area contributed by atoms with E-state index in [-0.39, 0.29) is 34.9 Å².